The Morgan fingerprint density at radius 1 is 1.22 bits per heavy atom. The van der Waals surface area contributed by atoms with Gasteiger partial charge in [0, 0.05) is 12.6 Å². The van der Waals surface area contributed by atoms with Crippen molar-refractivity contribution in [3.63, 3.8) is 0 Å². The average Bonchev–Trinajstić information content (AvgIpc) is 2.54. The van der Waals surface area contributed by atoms with Crippen molar-refractivity contribution in [1.82, 2.24) is 9.55 Å². The first-order chi connectivity index (χ1) is 8.49. The van der Waals surface area contributed by atoms with E-state index >= 15 is 0 Å². The Balaban J connectivity index is 2.34. The number of aryl methyl sites for hydroxylation is 1. The van der Waals surface area contributed by atoms with Crippen LogP contribution in [0.25, 0.3) is 11.3 Å². The number of imidazole rings is 1. The summed E-state index contributed by atoms with van der Waals surface area (Å²) in [5.41, 5.74) is 10.5. The molecule has 0 aliphatic rings. The van der Waals surface area contributed by atoms with Crippen LogP contribution < -0.4 is 5.73 Å². The number of hydrogen-bond donors (Lipinski definition) is 1. The van der Waals surface area contributed by atoms with Crippen LogP contribution in [0.15, 0.2) is 24.3 Å². The fourth-order valence-electron chi connectivity index (χ4n) is 2.33. The molecule has 0 fully saturated rings. The second-order valence-corrected chi connectivity index (χ2v) is 5.26. The van der Waals surface area contributed by atoms with Gasteiger partial charge in [-0.25, -0.2) is 4.98 Å². The highest BCUT2D eigenvalue weighted by Gasteiger charge is 2.11. The minimum atomic E-state index is 0.564. The third-order valence-electron chi connectivity index (χ3n) is 3.18. The number of nitrogens with two attached hydrogens (primary N) is 1. The molecule has 1 heterocycles. The molecule has 0 unspecified atom stereocenters. The molecule has 0 bridgehead atoms. The Kier molecular flexibility index (Phi) is 3.41. The third-order valence-corrected chi connectivity index (χ3v) is 3.18. The van der Waals surface area contributed by atoms with Crippen LogP contribution >= 0.6 is 0 Å². The summed E-state index contributed by atoms with van der Waals surface area (Å²) >= 11 is 0. The highest BCUT2D eigenvalue weighted by molar-refractivity contribution is 5.64. The molecule has 3 nitrogen and oxygen atoms in total. The normalized spacial score (nSPS) is 11.2. The number of hydrogen-bond acceptors (Lipinski definition) is 2. The van der Waals surface area contributed by atoms with Crippen molar-refractivity contribution in [3.8, 4) is 11.3 Å². The molecular weight excluding hydrogens is 222 g/mol. The summed E-state index contributed by atoms with van der Waals surface area (Å²) in [5.74, 6) is 1.25. The monoisotopic (exact) mass is 243 g/mol. The van der Waals surface area contributed by atoms with E-state index in [4.69, 9.17) is 5.73 Å². The van der Waals surface area contributed by atoms with Crippen LogP contribution in [0.3, 0.4) is 0 Å². The predicted molar refractivity (Wildman–Crippen MR) is 76.3 cm³/mol. The fourth-order valence-corrected chi connectivity index (χ4v) is 2.33. The fraction of sp³-hybridized carbons (Fsp3) is 0.400. The zero-order valence-electron chi connectivity index (χ0n) is 11.6. The molecule has 0 saturated heterocycles. The summed E-state index contributed by atoms with van der Waals surface area (Å²) in [6.07, 6.45) is 1.12. The lowest BCUT2D eigenvalue weighted by Gasteiger charge is -2.08. The number of aromatic nitrogens is 2. The number of anilines is 1. The second kappa shape index (κ2) is 4.84. The van der Waals surface area contributed by atoms with Gasteiger partial charge in [-0.1, -0.05) is 38.1 Å². The molecular formula is C15H21N3. The van der Waals surface area contributed by atoms with Gasteiger partial charge in [0.1, 0.15) is 0 Å². The van der Waals surface area contributed by atoms with Gasteiger partial charge >= 0.3 is 0 Å². The lowest BCUT2D eigenvalue weighted by Crippen LogP contribution is -1.99. The van der Waals surface area contributed by atoms with Gasteiger partial charge < -0.3 is 10.3 Å². The number of rotatable bonds is 3. The zero-order chi connectivity index (χ0) is 13.3. The Morgan fingerprint density at radius 2 is 1.83 bits per heavy atom. The highest BCUT2D eigenvalue weighted by Crippen LogP contribution is 2.25. The minimum absolute atomic E-state index is 0.564. The molecule has 18 heavy (non-hydrogen) atoms. The van der Waals surface area contributed by atoms with Crippen LogP contribution in [0.2, 0.25) is 0 Å². The first kappa shape index (κ1) is 12.7. The average molecular weight is 243 g/mol. The number of nitrogen functional groups attached to an aromatic ring is 1. The maximum Gasteiger partial charge on any atom is 0.200 e. The Bertz CT molecular complexity index is 536. The summed E-state index contributed by atoms with van der Waals surface area (Å²) in [6, 6.07) is 8.69. The molecule has 0 aliphatic carbocycles. The topological polar surface area (TPSA) is 43.8 Å². The molecule has 0 saturated carbocycles. The van der Waals surface area contributed by atoms with Crippen LogP contribution in [0.5, 0.6) is 0 Å². The van der Waals surface area contributed by atoms with Gasteiger partial charge in [-0.05, 0) is 24.8 Å². The van der Waals surface area contributed by atoms with Crippen LogP contribution in [0, 0.1) is 12.8 Å². The molecule has 2 N–H and O–H groups in total. The smallest absolute Gasteiger partial charge is 0.200 e. The number of nitrogens with zero attached hydrogens (tertiary/aromatic N) is 2. The van der Waals surface area contributed by atoms with E-state index in [0.29, 0.717) is 11.9 Å². The van der Waals surface area contributed by atoms with Crippen molar-refractivity contribution in [2.75, 3.05) is 5.73 Å². The van der Waals surface area contributed by atoms with Crippen molar-refractivity contribution in [2.45, 2.75) is 27.2 Å². The summed E-state index contributed by atoms with van der Waals surface area (Å²) in [5, 5.41) is 0. The molecule has 0 spiro atoms. The van der Waals surface area contributed by atoms with Gasteiger partial charge in [0.25, 0.3) is 0 Å². The van der Waals surface area contributed by atoms with Crippen molar-refractivity contribution >= 4 is 5.95 Å². The molecule has 1 aromatic heterocycles. The highest BCUT2D eigenvalue weighted by atomic mass is 15.1. The maximum absolute atomic E-state index is 5.83. The zero-order valence-corrected chi connectivity index (χ0v) is 11.6. The molecule has 96 valence electrons. The molecule has 0 amide bonds. The Hall–Kier alpha value is -1.77. The van der Waals surface area contributed by atoms with E-state index in [1.165, 1.54) is 11.1 Å². The van der Waals surface area contributed by atoms with Gasteiger partial charge in [-0.2, -0.15) is 0 Å². The summed E-state index contributed by atoms with van der Waals surface area (Å²) in [6.45, 7) is 6.47. The van der Waals surface area contributed by atoms with Crippen LogP contribution in [-0.4, -0.2) is 9.55 Å². The van der Waals surface area contributed by atoms with E-state index in [9.17, 15) is 0 Å². The van der Waals surface area contributed by atoms with Crippen molar-refractivity contribution in [3.05, 3.63) is 35.5 Å². The van der Waals surface area contributed by atoms with E-state index in [0.717, 1.165) is 17.8 Å². The van der Waals surface area contributed by atoms with E-state index in [2.05, 4.69) is 43.1 Å². The quantitative estimate of drug-likeness (QED) is 0.899. The largest absolute Gasteiger partial charge is 0.369 e. The van der Waals surface area contributed by atoms with E-state index in [1.807, 2.05) is 18.5 Å². The maximum atomic E-state index is 5.83. The molecule has 0 aliphatic heterocycles. The lowest BCUT2D eigenvalue weighted by molar-refractivity contribution is 0.647. The second-order valence-electron chi connectivity index (χ2n) is 5.26. The summed E-state index contributed by atoms with van der Waals surface area (Å²) < 4.78 is 1.94. The SMILES string of the molecule is Cc1nc(N)n(C)c1-c1ccc(CC(C)C)cc1. The van der Waals surface area contributed by atoms with Crippen LogP contribution in [0.4, 0.5) is 5.95 Å². The summed E-state index contributed by atoms with van der Waals surface area (Å²) in [4.78, 5) is 4.30. The van der Waals surface area contributed by atoms with Gasteiger partial charge in [0.05, 0.1) is 11.4 Å². The predicted octanol–water partition coefficient (Wildman–Crippen LogP) is 3.18. The van der Waals surface area contributed by atoms with E-state index in [-0.39, 0.29) is 0 Å². The molecule has 0 radical (unpaired) electrons. The summed E-state index contributed by atoms with van der Waals surface area (Å²) in [7, 11) is 1.95. The lowest BCUT2D eigenvalue weighted by atomic mass is 10.0. The van der Waals surface area contributed by atoms with Crippen molar-refractivity contribution < 1.29 is 0 Å². The van der Waals surface area contributed by atoms with Crippen molar-refractivity contribution in [1.29, 1.82) is 0 Å². The van der Waals surface area contributed by atoms with Crippen molar-refractivity contribution in [2.24, 2.45) is 13.0 Å². The first-order valence-corrected chi connectivity index (χ1v) is 6.37. The molecule has 2 aromatic rings. The Labute approximate surface area is 109 Å². The molecule has 1 aromatic carbocycles. The minimum Gasteiger partial charge on any atom is -0.369 e. The van der Waals surface area contributed by atoms with Gasteiger partial charge in [0.2, 0.25) is 5.95 Å². The van der Waals surface area contributed by atoms with E-state index in [1.54, 1.807) is 0 Å². The number of benzene rings is 1. The van der Waals surface area contributed by atoms with Gasteiger partial charge in [-0.15, -0.1) is 0 Å². The third kappa shape index (κ3) is 2.40. The molecule has 2 rings (SSSR count). The van der Waals surface area contributed by atoms with Crippen LogP contribution in [0.1, 0.15) is 25.1 Å². The molecule has 3 heteroatoms. The first-order valence-electron chi connectivity index (χ1n) is 6.37. The Morgan fingerprint density at radius 3 is 2.28 bits per heavy atom. The molecule has 0 atom stereocenters. The standard InChI is InChI=1S/C15H21N3/c1-10(2)9-12-5-7-13(8-6-12)14-11(3)17-15(16)18(14)4/h5-8,10H,9H2,1-4H3,(H2,16,17). The van der Waals surface area contributed by atoms with Crippen LogP contribution in [-0.2, 0) is 13.5 Å². The van der Waals surface area contributed by atoms with E-state index < -0.39 is 0 Å². The van der Waals surface area contributed by atoms with Gasteiger partial charge in [0.15, 0.2) is 0 Å². The van der Waals surface area contributed by atoms with Gasteiger partial charge in [-0.3, -0.25) is 0 Å².